The lowest BCUT2D eigenvalue weighted by Crippen LogP contribution is -2.43. The van der Waals surface area contributed by atoms with Gasteiger partial charge in [-0.25, -0.2) is 8.42 Å². The molecule has 0 saturated carbocycles. The molecule has 0 N–H and O–H groups in total. The first-order chi connectivity index (χ1) is 10.7. The van der Waals surface area contributed by atoms with Crippen molar-refractivity contribution in [1.29, 1.82) is 0 Å². The van der Waals surface area contributed by atoms with E-state index in [0.29, 0.717) is 18.1 Å². The molecule has 1 aromatic rings. The van der Waals surface area contributed by atoms with E-state index in [1.165, 1.54) is 12.1 Å². The topological polar surface area (TPSA) is 57.7 Å². The number of hydrogen-bond donors (Lipinski definition) is 0. The summed E-state index contributed by atoms with van der Waals surface area (Å²) in [6, 6.07) is 4.52. The Morgan fingerprint density at radius 2 is 1.70 bits per heavy atom. The number of sulfonamides is 1. The Hall–Kier alpha value is -0.980. The minimum absolute atomic E-state index is 0.211. The molecule has 0 spiro atoms. The van der Waals surface area contributed by atoms with E-state index in [2.05, 4.69) is 0 Å². The zero-order valence-corrected chi connectivity index (χ0v) is 15.9. The van der Waals surface area contributed by atoms with Gasteiger partial charge in [0.1, 0.15) is 6.54 Å². The minimum atomic E-state index is -3.67. The zero-order chi connectivity index (χ0) is 17.6. The predicted molar refractivity (Wildman–Crippen MR) is 95.8 cm³/mol. The summed E-state index contributed by atoms with van der Waals surface area (Å²) >= 11 is 12.0. The van der Waals surface area contributed by atoms with Crippen molar-refractivity contribution < 1.29 is 13.2 Å². The second-order valence-corrected chi connectivity index (χ2v) is 8.00. The molecule has 23 heavy (non-hydrogen) atoms. The van der Waals surface area contributed by atoms with Gasteiger partial charge in [0.2, 0.25) is 15.9 Å². The molecule has 0 fully saturated rings. The first-order valence-electron chi connectivity index (χ1n) is 7.41. The van der Waals surface area contributed by atoms with Gasteiger partial charge in [-0.2, -0.15) is 0 Å². The van der Waals surface area contributed by atoms with Crippen LogP contribution in [-0.2, 0) is 14.8 Å². The zero-order valence-electron chi connectivity index (χ0n) is 13.6. The van der Waals surface area contributed by atoms with Crippen LogP contribution in [0.3, 0.4) is 0 Å². The Kier molecular flexibility index (Phi) is 7.64. The lowest BCUT2D eigenvalue weighted by Gasteiger charge is -2.27. The van der Waals surface area contributed by atoms with Gasteiger partial charge in [-0.3, -0.25) is 9.10 Å². The molecule has 130 valence electrons. The Labute approximate surface area is 148 Å². The Balaban J connectivity index is 3.14. The summed E-state index contributed by atoms with van der Waals surface area (Å²) in [5.41, 5.74) is 0.211. The van der Waals surface area contributed by atoms with Crippen LogP contribution in [0.5, 0.6) is 0 Å². The van der Waals surface area contributed by atoms with E-state index in [-0.39, 0.29) is 23.2 Å². The van der Waals surface area contributed by atoms with Crippen LogP contribution >= 0.6 is 23.2 Å². The second kappa shape index (κ2) is 8.76. The standard InChI is InChI=1S/C15H22Cl2N2O3S/c1-4-8-18(9-5-2)15(20)11-19(23(3,21)22)14-10-12(16)6-7-13(14)17/h6-7,10H,4-5,8-9,11H2,1-3H3. The van der Waals surface area contributed by atoms with E-state index in [1.54, 1.807) is 11.0 Å². The van der Waals surface area contributed by atoms with Gasteiger partial charge in [-0.05, 0) is 31.0 Å². The molecule has 0 heterocycles. The van der Waals surface area contributed by atoms with Crippen LogP contribution < -0.4 is 4.31 Å². The third-order valence-electron chi connectivity index (χ3n) is 3.20. The smallest absolute Gasteiger partial charge is 0.243 e. The van der Waals surface area contributed by atoms with E-state index in [0.717, 1.165) is 23.4 Å². The highest BCUT2D eigenvalue weighted by molar-refractivity contribution is 7.92. The number of amides is 1. The highest BCUT2D eigenvalue weighted by atomic mass is 35.5. The number of carbonyl (C=O) groups is 1. The average Bonchev–Trinajstić information content (AvgIpc) is 2.46. The fourth-order valence-corrected chi connectivity index (χ4v) is 3.47. The highest BCUT2D eigenvalue weighted by Gasteiger charge is 2.25. The molecule has 0 aliphatic rings. The quantitative estimate of drug-likeness (QED) is 0.694. The van der Waals surface area contributed by atoms with Gasteiger partial charge in [0.05, 0.1) is 17.0 Å². The minimum Gasteiger partial charge on any atom is -0.341 e. The van der Waals surface area contributed by atoms with E-state index >= 15 is 0 Å². The van der Waals surface area contributed by atoms with Gasteiger partial charge in [-0.1, -0.05) is 37.0 Å². The highest BCUT2D eigenvalue weighted by Crippen LogP contribution is 2.30. The van der Waals surface area contributed by atoms with E-state index < -0.39 is 10.0 Å². The molecular formula is C15H22Cl2N2O3S. The first kappa shape index (κ1) is 20.1. The molecule has 5 nitrogen and oxygen atoms in total. The Bertz CT molecular complexity index is 644. The molecule has 0 aromatic heterocycles. The van der Waals surface area contributed by atoms with Crippen molar-refractivity contribution in [1.82, 2.24) is 4.90 Å². The van der Waals surface area contributed by atoms with Gasteiger partial charge in [0.25, 0.3) is 0 Å². The first-order valence-corrected chi connectivity index (χ1v) is 10.0. The molecule has 0 unspecified atom stereocenters. The summed E-state index contributed by atoms with van der Waals surface area (Å²) < 4.78 is 25.2. The molecule has 0 aliphatic heterocycles. The van der Waals surface area contributed by atoms with Crippen LogP contribution in [0, 0.1) is 0 Å². The lowest BCUT2D eigenvalue weighted by atomic mass is 10.3. The average molecular weight is 381 g/mol. The largest absolute Gasteiger partial charge is 0.341 e. The number of anilines is 1. The van der Waals surface area contributed by atoms with Crippen LogP contribution in [0.2, 0.25) is 10.0 Å². The summed E-state index contributed by atoms with van der Waals surface area (Å²) in [6.07, 6.45) is 2.66. The summed E-state index contributed by atoms with van der Waals surface area (Å²) in [5.74, 6) is -0.254. The Morgan fingerprint density at radius 1 is 1.13 bits per heavy atom. The predicted octanol–water partition coefficient (Wildman–Crippen LogP) is 3.41. The molecule has 0 radical (unpaired) electrons. The number of hydrogen-bond acceptors (Lipinski definition) is 3. The Morgan fingerprint density at radius 3 is 2.17 bits per heavy atom. The molecule has 1 aromatic carbocycles. The van der Waals surface area contributed by atoms with Crippen molar-refractivity contribution in [3.8, 4) is 0 Å². The number of carbonyl (C=O) groups excluding carboxylic acids is 1. The molecule has 1 rings (SSSR count). The fourth-order valence-electron chi connectivity index (χ4n) is 2.18. The summed E-state index contributed by atoms with van der Waals surface area (Å²) in [4.78, 5) is 14.2. The fraction of sp³-hybridized carbons (Fsp3) is 0.533. The monoisotopic (exact) mass is 380 g/mol. The van der Waals surface area contributed by atoms with Crippen LogP contribution in [0.15, 0.2) is 18.2 Å². The maximum Gasteiger partial charge on any atom is 0.243 e. The van der Waals surface area contributed by atoms with Gasteiger partial charge >= 0.3 is 0 Å². The maximum atomic E-state index is 12.5. The van der Waals surface area contributed by atoms with Crippen molar-refractivity contribution in [2.24, 2.45) is 0 Å². The van der Waals surface area contributed by atoms with Crippen molar-refractivity contribution >= 4 is 44.8 Å². The van der Waals surface area contributed by atoms with Crippen LogP contribution in [0.25, 0.3) is 0 Å². The number of halogens is 2. The number of benzene rings is 1. The van der Waals surface area contributed by atoms with Crippen LogP contribution in [0.1, 0.15) is 26.7 Å². The van der Waals surface area contributed by atoms with E-state index in [1.807, 2.05) is 13.8 Å². The van der Waals surface area contributed by atoms with Gasteiger partial charge in [0.15, 0.2) is 0 Å². The molecular weight excluding hydrogens is 359 g/mol. The van der Waals surface area contributed by atoms with Crippen LogP contribution in [0.4, 0.5) is 5.69 Å². The molecule has 0 aliphatic carbocycles. The molecule has 0 atom stereocenters. The molecule has 1 amide bonds. The normalized spacial score (nSPS) is 11.3. The number of nitrogens with zero attached hydrogens (tertiary/aromatic N) is 2. The summed E-state index contributed by atoms with van der Waals surface area (Å²) in [5, 5.41) is 0.578. The third kappa shape index (κ3) is 5.86. The number of rotatable bonds is 8. The third-order valence-corrected chi connectivity index (χ3v) is 4.88. The molecule has 0 bridgehead atoms. The van der Waals surface area contributed by atoms with Crippen molar-refractivity contribution in [2.75, 3.05) is 30.2 Å². The van der Waals surface area contributed by atoms with E-state index in [4.69, 9.17) is 23.2 Å². The maximum absolute atomic E-state index is 12.5. The van der Waals surface area contributed by atoms with Crippen molar-refractivity contribution in [2.45, 2.75) is 26.7 Å². The van der Waals surface area contributed by atoms with Gasteiger partial charge < -0.3 is 4.90 Å². The second-order valence-electron chi connectivity index (χ2n) is 5.25. The lowest BCUT2D eigenvalue weighted by molar-refractivity contribution is -0.129. The summed E-state index contributed by atoms with van der Waals surface area (Å²) in [6.45, 7) is 4.83. The molecule has 8 heteroatoms. The molecule has 0 saturated heterocycles. The van der Waals surface area contributed by atoms with Gasteiger partial charge in [-0.15, -0.1) is 0 Å². The summed E-state index contributed by atoms with van der Waals surface area (Å²) in [7, 11) is -3.67. The SMILES string of the molecule is CCCN(CCC)C(=O)CN(c1cc(Cl)ccc1Cl)S(C)(=O)=O. The van der Waals surface area contributed by atoms with Gasteiger partial charge in [0, 0.05) is 18.1 Å². The van der Waals surface area contributed by atoms with Crippen LogP contribution in [-0.4, -0.2) is 45.1 Å². The van der Waals surface area contributed by atoms with E-state index in [9.17, 15) is 13.2 Å². The van der Waals surface area contributed by atoms with Crippen molar-refractivity contribution in [3.63, 3.8) is 0 Å². The van der Waals surface area contributed by atoms with Crippen molar-refractivity contribution in [3.05, 3.63) is 28.2 Å².